The Kier molecular flexibility index (Phi) is 4.21. The van der Waals surface area contributed by atoms with Gasteiger partial charge < -0.3 is 5.73 Å². The molecule has 0 radical (unpaired) electrons. The fourth-order valence-corrected chi connectivity index (χ4v) is 3.34. The summed E-state index contributed by atoms with van der Waals surface area (Å²) in [7, 11) is -3.67. The maximum atomic E-state index is 12.9. The van der Waals surface area contributed by atoms with Gasteiger partial charge in [0.05, 0.1) is 5.69 Å². The predicted molar refractivity (Wildman–Crippen MR) is 72.5 cm³/mol. The van der Waals surface area contributed by atoms with E-state index in [2.05, 4.69) is 16.9 Å². The highest BCUT2D eigenvalue weighted by molar-refractivity contribution is 7.89. The van der Waals surface area contributed by atoms with Crippen LogP contribution in [0.3, 0.4) is 0 Å². The van der Waals surface area contributed by atoms with E-state index in [4.69, 9.17) is 5.73 Å². The molecule has 0 saturated heterocycles. The summed E-state index contributed by atoms with van der Waals surface area (Å²) in [6, 6.07) is 3.29. The molecule has 2 rings (SSSR count). The molecule has 0 spiro atoms. The van der Waals surface area contributed by atoms with E-state index in [1.54, 1.807) is 0 Å². The van der Waals surface area contributed by atoms with Crippen LogP contribution in [0.4, 0.5) is 10.1 Å². The molecule has 19 heavy (non-hydrogen) atoms. The van der Waals surface area contributed by atoms with Gasteiger partial charge in [-0.05, 0) is 43.4 Å². The number of hydrogen-bond donors (Lipinski definition) is 2. The van der Waals surface area contributed by atoms with Crippen molar-refractivity contribution in [2.45, 2.75) is 24.2 Å². The first kappa shape index (κ1) is 14.0. The number of benzene rings is 1. The van der Waals surface area contributed by atoms with Crippen LogP contribution in [0.5, 0.6) is 0 Å². The Morgan fingerprint density at radius 3 is 2.79 bits per heavy atom. The second-order valence-electron chi connectivity index (χ2n) is 4.68. The van der Waals surface area contributed by atoms with Crippen molar-refractivity contribution in [1.82, 2.24) is 4.72 Å². The fraction of sp³-hybridized carbons (Fsp3) is 0.385. The first-order valence-corrected chi connectivity index (χ1v) is 7.67. The molecule has 0 aromatic heterocycles. The highest BCUT2D eigenvalue weighted by Gasteiger charge is 2.19. The van der Waals surface area contributed by atoms with Gasteiger partial charge in [-0.15, -0.1) is 0 Å². The van der Waals surface area contributed by atoms with Crippen molar-refractivity contribution in [2.75, 3.05) is 12.3 Å². The fourth-order valence-electron chi connectivity index (χ4n) is 2.11. The number of allylic oxidation sites excluding steroid dienone is 2. The lowest BCUT2D eigenvalue weighted by atomic mass is 9.95. The number of nitrogen functional groups attached to an aromatic ring is 1. The minimum Gasteiger partial charge on any atom is -0.398 e. The Morgan fingerprint density at radius 1 is 1.37 bits per heavy atom. The second-order valence-corrected chi connectivity index (χ2v) is 6.42. The number of nitrogens with one attached hydrogen (secondary N) is 1. The van der Waals surface area contributed by atoms with Crippen LogP contribution in [0.25, 0.3) is 0 Å². The summed E-state index contributed by atoms with van der Waals surface area (Å²) in [5.41, 5.74) is 5.47. The summed E-state index contributed by atoms with van der Waals surface area (Å²) in [4.78, 5) is -0.0692. The number of sulfonamides is 1. The van der Waals surface area contributed by atoms with Gasteiger partial charge in [-0.3, -0.25) is 0 Å². The molecule has 0 bridgehead atoms. The van der Waals surface area contributed by atoms with Gasteiger partial charge >= 0.3 is 0 Å². The summed E-state index contributed by atoms with van der Waals surface area (Å²) in [5.74, 6) is -0.240. The minimum atomic E-state index is -3.67. The Bertz CT molecular complexity index is 584. The van der Waals surface area contributed by atoms with E-state index in [1.807, 2.05) is 0 Å². The van der Waals surface area contributed by atoms with Crippen molar-refractivity contribution >= 4 is 15.7 Å². The van der Waals surface area contributed by atoms with Crippen molar-refractivity contribution in [2.24, 2.45) is 5.92 Å². The normalized spacial score (nSPS) is 19.5. The summed E-state index contributed by atoms with van der Waals surface area (Å²) in [6.45, 7) is 0.378. The summed E-state index contributed by atoms with van der Waals surface area (Å²) < 4.78 is 39.6. The predicted octanol–water partition coefficient (Wildman–Crippen LogP) is 2.04. The lowest BCUT2D eigenvalue weighted by molar-refractivity contribution is 0.468. The third-order valence-corrected chi connectivity index (χ3v) is 4.70. The standard InChI is InChI=1S/C13H17FN2O2S/c14-11-6-7-13(12(15)8-11)19(17,18)16-9-10-4-2-1-3-5-10/h1-2,6-8,10,16H,3-5,9,15H2. The minimum absolute atomic E-state index is 0.0692. The first-order chi connectivity index (χ1) is 8.99. The molecule has 1 aromatic carbocycles. The van der Waals surface area contributed by atoms with Crippen molar-refractivity contribution < 1.29 is 12.8 Å². The first-order valence-electron chi connectivity index (χ1n) is 6.19. The molecule has 0 amide bonds. The molecular weight excluding hydrogens is 267 g/mol. The van der Waals surface area contributed by atoms with Gasteiger partial charge in [-0.2, -0.15) is 0 Å². The maximum Gasteiger partial charge on any atom is 0.242 e. The second kappa shape index (κ2) is 5.71. The third-order valence-electron chi connectivity index (χ3n) is 3.20. The van der Waals surface area contributed by atoms with Crippen LogP contribution < -0.4 is 10.5 Å². The molecule has 1 atom stereocenters. The Morgan fingerprint density at radius 2 is 2.16 bits per heavy atom. The average molecular weight is 284 g/mol. The van der Waals surface area contributed by atoms with Crippen molar-refractivity contribution in [3.63, 3.8) is 0 Å². The van der Waals surface area contributed by atoms with E-state index in [-0.39, 0.29) is 10.6 Å². The summed E-state index contributed by atoms with van der Waals surface area (Å²) in [6.07, 6.45) is 6.99. The highest BCUT2D eigenvalue weighted by Crippen LogP contribution is 2.21. The van der Waals surface area contributed by atoms with Crippen LogP contribution in [0.2, 0.25) is 0 Å². The van der Waals surface area contributed by atoms with Gasteiger partial charge in [-0.1, -0.05) is 12.2 Å². The van der Waals surface area contributed by atoms with Gasteiger partial charge in [0.2, 0.25) is 10.0 Å². The van der Waals surface area contributed by atoms with Gasteiger partial charge in [0.25, 0.3) is 0 Å². The smallest absolute Gasteiger partial charge is 0.242 e. The molecule has 6 heteroatoms. The third kappa shape index (κ3) is 3.54. The topological polar surface area (TPSA) is 72.2 Å². The molecule has 4 nitrogen and oxygen atoms in total. The van der Waals surface area contributed by atoms with E-state index in [0.29, 0.717) is 12.5 Å². The van der Waals surface area contributed by atoms with Crippen LogP contribution in [0.15, 0.2) is 35.2 Å². The van der Waals surface area contributed by atoms with E-state index in [9.17, 15) is 12.8 Å². The molecular formula is C13H17FN2O2S. The zero-order chi connectivity index (χ0) is 13.9. The van der Waals surface area contributed by atoms with E-state index in [1.165, 1.54) is 6.07 Å². The number of rotatable bonds is 4. The van der Waals surface area contributed by atoms with Crippen molar-refractivity contribution in [1.29, 1.82) is 0 Å². The van der Waals surface area contributed by atoms with Crippen LogP contribution in [-0.2, 0) is 10.0 Å². The summed E-state index contributed by atoms with van der Waals surface area (Å²) >= 11 is 0. The van der Waals surface area contributed by atoms with E-state index < -0.39 is 15.8 Å². The lowest BCUT2D eigenvalue weighted by Crippen LogP contribution is -2.30. The van der Waals surface area contributed by atoms with Gasteiger partial charge in [-0.25, -0.2) is 17.5 Å². The molecule has 1 unspecified atom stereocenters. The average Bonchev–Trinajstić information content (AvgIpc) is 2.37. The largest absolute Gasteiger partial charge is 0.398 e. The van der Waals surface area contributed by atoms with E-state index in [0.717, 1.165) is 31.4 Å². The monoisotopic (exact) mass is 284 g/mol. The van der Waals surface area contributed by atoms with Gasteiger partial charge in [0.1, 0.15) is 10.7 Å². The number of anilines is 1. The van der Waals surface area contributed by atoms with Crippen LogP contribution in [0.1, 0.15) is 19.3 Å². The SMILES string of the molecule is Nc1cc(F)ccc1S(=O)(=O)NCC1CC=CCC1. The maximum absolute atomic E-state index is 12.9. The molecule has 0 fully saturated rings. The molecule has 3 N–H and O–H groups in total. The van der Waals surface area contributed by atoms with Gasteiger partial charge in [0, 0.05) is 6.54 Å². The highest BCUT2D eigenvalue weighted by atomic mass is 32.2. The van der Waals surface area contributed by atoms with Crippen LogP contribution >= 0.6 is 0 Å². The molecule has 1 aliphatic rings. The molecule has 104 valence electrons. The number of nitrogens with two attached hydrogens (primary N) is 1. The van der Waals surface area contributed by atoms with Crippen molar-refractivity contribution in [3.05, 3.63) is 36.2 Å². The summed E-state index contributed by atoms with van der Waals surface area (Å²) in [5, 5.41) is 0. The molecule has 1 aromatic rings. The van der Waals surface area contributed by atoms with Crippen LogP contribution in [0, 0.1) is 11.7 Å². The zero-order valence-corrected chi connectivity index (χ0v) is 11.3. The Labute approximate surface area is 112 Å². The van der Waals surface area contributed by atoms with Crippen LogP contribution in [-0.4, -0.2) is 15.0 Å². The van der Waals surface area contributed by atoms with Gasteiger partial charge in [0.15, 0.2) is 0 Å². The Hall–Kier alpha value is -1.40. The Balaban J connectivity index is 2.07. The molecule has 0 saturated carbocycles. The molecule has 0 heterocycles. The zero-order valence-electron chi connectivity index (χ0n) is 10.5. The molecule has 1 aliphatic carbocycles. The lowest BCUT2D eigenvalue weighted by Gasteiger charge is -2.18. The van der Waals surface area contributed by atoms with E-state index >= 15 is 0 Å². The number of hydrogen-bond acceptors (Lipinski definition) is 3. The number of halogens is 1. The molecule has 0 aliphatic heterocycles. The van der Waals surface area contributed by atoms with Crippen molar-refractivity contribution in [3.8, 4) is 0 Å². The quantitative estimate of drug-likeness (QED) is 0.656.